The highest BCUT2D eigenvalue weighted by molar-refractivity contribution is 7.98. The molecule has 0 bridgehead atoms. The van der Waals surface area contributed by atoms with Gasteiger partial charge < -0.3 is 10.8 Å². The summed E-state index contributed by atoms with van der Waals surface area (Å²) in [6, 6.07) is 3.09. The second-order valence-electron chi connectivity index (χ2n) is 3.64. The standard InChI is InChI=1S/C10H12FNOS/c1-14-9-7(13)3-2-6(8(9)11)10(12)4-5-10/h2-3,13H,4-5,12H2,1H3. The molecule has 0 saturated heterocycles. The molecule has 0 spiro atoms. The van der Waals surface area contributed by atoms with Crippen LogP contribution in [0.3, 0.4) is 0 Å². The minimum Gasteiger partial charge on any atom is -0.507 e. The molecular formula is C10H12FNOS. The van der Waals surface area contributed by atoms with Crippen LogP contribution in [0.4, 0.5) is 4.39 Å². The zero-order chi connectivity index (χ0) is 10.3. The fourth-order valence-corrected chi connectivity index (χ4v) is 2.09. The van der Waals surface area contributed by atoms with Crippen molar-refractivity contribution in [2.45, 2.75) is 23.3 Å². The Morgan fingerprint density at radius 2 is 2.14 bits per heavy atom. The number of halogens is 1. The van der Waals surface area contributed by atoms with Crippen molar-refractivity contribution in [1.29, 1.82) is 0 Å². The van der Waals surface area contributed by atoms with Crippen LogP contribution in [0.2, 0.25) is 0 Å². The Kier molecular flexibility index (Phi) is 2.20. The lowest BCUT2D eigenvalue weighted by molar-refractivity contribution is 0.445. The van der Waals surface area contributed by atoms with Gasteiger partial charge in [0.2, 0.25) is 0 Å². The zero-order valence-corrected chi connectivity index (χ0v) is 8.70. The lowest BCUT2D eigenvalue weighted by Gasteiger charge is -2.13. The molecule has 2 rings (SSSR count). The lowest BCUT2D eigenvalue weighted by atomic mass is 10.1. The number of phenolic OH excluding ortho intramolecular Hbond substituents is 1. The van der Waals surface area contributed by atoms with Gasteiger partial charge in [0.1, 0.15) is 11.6 Å². The van der Waals surface area contributed by atoms with E-state index in [4.69, 9.17) is 5.73 Å². The number of phenols is 1. The Morgan fingerprint density at radius 3 is 2.64 bits per heavy atom. The van der Waals surface area contributed by atoms with E-state index in [1.807, 2.05) is 0 Å². The molecule has 1 aromatic rings. The Labute approximate surface area is 86.3 Å². The summed E-state index contributed by atoms with van der Waals surface area (Å²) in [5.41, 5.74) is 5.96. The molecule has 1 aliphatic carbocycles. The summed E-state index contributed by atoms with van der Waals surface area (Å²) < 4.78 is 13.8. The molecular weight excluding hydrogens is 201 g/mol. The third-order valence-corrected chi connectivity index (χ3v) is 3.40. The van der Waals surface area contributed by atoms with Crippen LogP contribution in [0.5, 0.6) is 5.75 Å². The van der Waals surface area contributed by atoms with Crippen LogP contribution in [0, 0.1) is 5.82 Å². The first kappa shape index (κ1) is 9.80. The van der Waals surface area contributed by atoms with Gasteiger partial charge in [-0.1, -0.05) is 6.07 Å². The number of hydrogen-bond donors (Lipinski definition) is 2. The summed E-state index contributed by atoms with van der Waals surface area (Å²) in [6.07, 6.45) is 3.38. The minimum absolute atomic E-state index is 0.0111. The highest BCUT2D eigenvalue weighted by atomic mass is 32.2. The Bertz CT molecular complexity index is 377. The van der Waals surface area contributed by atoms with Gasteiger partial charge in [-0.2, -0.15) is 0 Å². The molecule has 2 nitrogen and oxygen atoms in total. The number of thioether (sulfide) groups is 1. The summed E-state index contributed by atoms with van der Waals surface area (Å²) in [6.45, 7) is 0. The fourth-order valence-electron chi connectivity index (χ4n) is 1.53. The van der Waals surface area contributed by atoms with Gasteiger partial charge in [-0.15, -0.1) is 11.8 Å². The van der Waals surface area contributed by atoms with E-state index in [1.54, 1.807) is 12.3 Å². The summed E-state index contributed by atoms with van der Waals surface area (Å²) in [4.78, 5) is 0.291. The van der Waals surface area contributed by atoms with E-state index in [1.165, 1.54) is 17.8 Å². The van der Waals surface area contributed by atoms with Gasteiger partial charge in [0.05, 0.1) is 4.90 Å². The van der Waals surface area contributed by atoms with Crippen LogP contribution in [0.1, 0.15) is 18.4 Å². The summed E-state index contributed by atoms with van der Waals surface area (Å²) in [5, 5.41) is 9.40. The van der Waals surface area contributed by atoms with Crippen molar-refractivity contribution in [3.8, 4) is 5.75 Å². The van der Waals surface area contributed by atoms with Crippen LogP contribution < -0.4 is 5.73 Å². The van der Waals surface area contributed by atoms with E-state index >= 15 is 0 Å². The van der Waals surface area contributed by atoms with Gasteiger partial charge in [-0.05, 0) is 25.2 Å². The van der Waals surface area contributed by atoms with Crippen molar-refractivity contribution in [1.82, 2.24) is 0 Å². The third-order valence-electron chi connectivity index (χ3n) is 2.61. The molecule has 0 amide bonds. The van der Waals surface area contributed by atoms with Crippen molar-refractivity contribution in [3.63, 3.8) is 0 Å². The predicted octanol–water partition coefficient (Wildman–Crippen LogP) is 2.20. The van der Waals surface area contributed by atoms with E-state index in [-0.39, 0.29) is 11.6 Å². The zero-order valence-electron chi connectivity index (χ0n) is 7.88. The number of aromatic hydroxyl groups is 1. The highest BCUT2D eigenvalue weighted by Crippen LogP contribution is 2.46. The molecule has 0 aromatic heterocycles. The quantitative estimate of drug-likeness (QED) is 0.740. The minimum atomic E-state index is -0.484. The Morgan fingerprint density at radius 1 is 1.50 bits per heavy atom. The van der Waals surface area contributed by atoms with Gasteiger partial charge in [0.15, 0.2) is 0 Å². The number of nitrogens with two attached hydrogens (primary N) is 1. The molecule has 1 aliphatic rings. The first-order chi connectivity index (χ1) is 6.58. The maximum atomic E-state index is 13.8. The highest BCUT2D eigenvalue weighted by Gasteiger charge is 2.42. The summed E-state index contributed by atoms with van der Waals surface area (Å²) in [5.74, 6) is -0.375. The van der Waals surface area contributed by atoms with E-state index in [2.05, 4.69) is 0 Å². The summed E-state index contributed by atoms with van der Waals surface area (Å²) in [7, 11) is 0. The van der Waals surface area contributed by atoms with Gasteiger partial charge in [0, 0.05) is 11.1 Å². The van der Waals surface area contributed by atoms with Gasteiger partial charge in [-0.25, -0.2) is 4.39 Å². The van der Waals surface area contributed by atoms with Crippen LogP contribution in [-0.4, -0.2) is 11.4 Å². The largest absolute Gasteiger partial charge is 0.507 e. The molecule has 76 valence electrons. The lowest BCUT2D eigenvalue weighted by Crippen LogP contribution is -2.20. The van der Waals surface area contributed by atoms with E-state index in [0.29, 0.717) is 10.5 Å². The van der Waals surface area contributed by atoms with Crippen molar-refractivity contribution in [3.05, 3.63) is 23.5 Å². The number of hydrogen-bond acceptors (Lipinski definition) is 3. The van der Waals surface area contributed by atoms with Crippen molar-refractivity contribution >= 4 is 11.8 Å². The van der Waals surface area contributed by atoms with Crippen LogP contribution >= 0.6 is 11.8 Å². The smallest absolute Gasteiger partial charge is 0.145 e. The first-order valence-corrected chi connectivity index (χ1v) is 5.66. The molecule has 0 radical (unpaired) electrons. The van der Waals surface area contributed by atoms with Gasteiger partial charge in [-0.3, -0.25) is 0 Å². The molecule has 0 heterocycles. The fraction of sp³-hybridized carbons (Fsp3) is 0.400. The monoisotopic (exact) mass is 213 g/mol. The maximum Gasteiger partial charge on any atom is 0.145 e. The third kappa shape index (κ3) is 1.38. The first-order valence-electron chi connectivity index (χ1n) is 4.43. The second kappa shape index (κ2) is 3.14. The van der Waals surface area contributed by atoms with E-state index in [0.717, 1.165) is 12.8 Å². The van der Waals surface area contributed by atoms with E-state index in [9.17, 15) is 9.50 Å². The molecule has 3 N–H and O–H groups in total. The number of rotatable bonds is 2. The molecule has 14 heavy (non-hydrogen) atoms. The predicted molar refractivity (Wildman–Crippen MR) is 54.9 cm³/mol. The van der Waals surface area contributed by atoms with Crippen LogP contribution in [0.15, 0.2) is 17.0 Å². The van der Waals surface area contributed by atoms with Crippen molar-refractivity contribution in [2.24, 2.45) is 5.73 Å². The Balaban J connectivity index is 2.53. The van der Waals surface area contributed by atoms with E-state index < -0.39 is 5.54 Å². The van der Waals surface area contributed by atoms with Crippen molar-refractivity contribution < 1.29 is 9.50 Å². The SMILES string of the molecule is CSc1c(O)ccc(C2(N)CC2)c1F. The van der Waals surface area contributed by atoms with Gasteiger partial charge in [0.25, 0.3) is 0 Å². The molecule has 1 fully saturated rings. The molecule has 0 atom stereocenters. The van der Waals surface area contributed by atoms with Crippen LogP contribution in [0.25, 0.3) is 0 Å². The van der Waals surface area contributed by atoms with Crippen molar-refractivity contribution in [2.75, 3.05) is 6.26 Å². The molecule has 4 heteroatoms. The average Bonchev–Trinajstić information content (AvgIpc) is 2.85. The average molecular weight is 213 g/mol. The topological polar surface area (TPSA) is 46.2 Å². The number of benzene rings is 1. The molecule has 1 saturated carbocycles. The summed E-state index contributed by atoms with van der Waals surface area (Å²) >= 11 is 1.20. The van der Waals surface area contributed by atoms with Gasteiger partial charge >= 0.3 is 0 Å². The Hall–Kier alpha value is -0.740. The second-order valence-corrected chi connectivity index (χ2v) is 4.45. The molecule has 1 aromatic carbocycles. The normalized spacial score (nSPS) is 18.2. The van der Waals surface area contributed by atoms with Crippen LogP contribution in [-0.2, 0) is 5.54 Å². The maximum absolute atomic E-state index is 13.8. The molecule has 0 unspecified atom stereocenters. The molecule has 0 aliphatic heterocycles.